The first-order valence-corrected chi connectivity index (χ1v) is 4.36. The van der Waals surface area contributed by atoms with E-state index in [0.717, 1.165) is 32.1 Å². The van der Waals surface area contributed by atoms with E-state index in [9.17, 15) is 4.79 Å². The Morgan fingerprint density at radius 2 is 2.08 bits per heavy atom. The van der Waals surface area contributed by atoms with Gasteiger partial charge in [-0.2, -0.15) is 0 Å². The van der Waals surface area contributed by atoms with Crippen molar-refractivity contribution in [2.45, 2.75) is 19.8 Å². The van der Waals surface area contributed by atoms with E-state index in [0.29, 0.717) is 6.61 Å². The highest BCUT2D eigenvalue weighted by Gasteiger charge is 1.88. The predicted molar refractivity (Wildman–Crippen MR) is 48.5 cm³/mol. The van der Waals surface area contributed by atoms with Gasteiger partial charge in [-0.05, 0) is 19.8 Å². The first-order chi connectivity index (χ1) is 6.27. The minimum Gasteiger partial charge on any atom is -0.501 e. The summed E-state index contributed by atoms with van der Waals surface area (Å²) in [6.07, 6.45) is 3.99. The van der Waals surface area contributed by atoms with Gasteiger partial charge < -0.3 is 14.6 Å². The number of carboxylic acids is 1. The van der Waals surface area contributed by atoms with E-state index in [4.69, 9.17) is 14.6 Å². The lowest BCUT2D eigenvalue weighted by atomic mass is 10.3. The molecule has 0 saturated heterocycles. The second kappa shape index (κ2) is 9.06. The molecule has 0 fully saturated rings. The van der Waals surface area contributed by atoms with Crippen LogP contribution in [0.4, 0.5) is 0 Å². The molecule has 0 amide bonds. The summed E-state index contributed by atoms with van der Waals surface area (Å²) in [4.78, 5) is 9.99. The smallest absolute Gasteiger partial charge is 0.331 e. The van der Waals surface area contributed by atoms with Gasteiger partial charge in [0.1, 0.15) is 0 Å². The van der Waals surface area contributed by atoms with Gasteiger partial charge in [-0.3, -0.25) is 0 Å². The second-order valence-corrected chi connectivity index (χ2v) is 2.42. The van der Waals surface area contributed by atoms with Gasteiger partial charge in [-0.25, -0.2) is 4.79 Å². The normalized spacial score (nSPS) is 10.5. The van der Waals surface area contributed by atoms with Crippen molar-refractivity contribution < 1.29 is 19.4 Å². The molecule has 4 nitrogen and oxygen atoms in total. The molecule has 0 aromatic rings. The van der Waals surface area contributed by atoms with E-state index < -0.39 is 5.97 Å². The van der Waals surface area contributed by atoms with Crippen molar-refractivity contribution in [2.24, 2.45) is 0 Å². The molecule has 0 aliphatic carbocycles. The van der Waals surface area contributed by atoms with Crippen LogP contribution in [0.15, 0.2) is 12.3 Å². The van der Waals surface area contributed by atoms with Crippen LogP contribution in [0.1, 0.15) is 19.8 Å². The first kappa shape index (κ1) is 12.0. The minimum absolute atomic E-state index is 0.539. The Bertz CT molecular complexity index is 154. The molecular weight excluding hydrogens is 172 g/mol. The molecule has 0 bridgehead atoms. The number of hydrogen-bond acceptors (Lipinski definition) is 3. The zero-order chi connectivity index (χ0) is 9.94. The van der Waals surface area contributed by atoms with E-state index in [2.05, 4.69) is 0 Å². The topological polar surface area (TPSA) is 55.8 Å². The summed E-state index contributed by atoms with van der Waals surface area (Å²) in [5.41, 5.74) is 0. The number of unbranched alkanes of at least 4 members (excludes halogenated alkanes) is 1. The van der Waals surface area contributed by atoms with Crippen LogP contribution in [0.25, 0.3) is 0 Å². The number of rotatable bonds is 8. The molecular formula is C9H16O4. The van der Waals surface area contributed by atoms with Crippen molar-refractivity contribution >= 4 is 5.97 Å². The maximum absolute atomic E-state index is 9.99. The van der Waals surface area contributed by atoms with E-state index in [1.807, 2.05) is 6.92 Å². The SMILES string of the molecule is CCOCCCCOC=CC(=O)O. The molecule has 0 atom stereocenters. The number of aliphatic carboxylic acids is 1. The van der Waals surface area contributed by atoms with Crippen LogP contribution in [0.3, 0.4) is 0 Å². The van der Waals surface area contributed by atoms with Crippen LogP contribution < -0.4 is 0 Å². The summed E-state index contributed by atoms with van der Waals surface area (Å²) in [6, 6.07) is 0. The Hall–Kier alpha value is -1.03. The molecule has 0 rings (SSSR count). The standard InChI is InChI=1S/C9H16O4/c1-2-12-6-3-4-7-13-8-5-9(10)11/h5,8H,2-4,6-7H2,1H3,(H,10,11). The lowest BCUT2D eigenvalue weighted by Gasteiger charge is -2.00. The van der Waals surface area contributed by atoms with Crippen LogP contribution in [-0.2, 0) is 14.3 Å². The summed E-state index contributed by atoms with van der Waals surface area (Å²) in [7, 11) is 0. The van der Waals surface area contributed by atoms with Gasteiger partial charge in [0.15, 0.2) is 0 Å². The minimum atomic E-state index is -0.991. The third kappa shape index (κ3) is 11.0. The van der Waals surface area contributed by atoms with E-state index in [-0.39, 0.29) is 0 Å². The molecule has 1 N–H and O–H groups in total. The van der Waals surface area contributed by atoms with Crippen LogP contribution >= 0.6 is 0 Å². The van der Waals surface area contributed by atoms with Gasteiger partial charge in [0.2, 0.25) is 0 Å². The van der Waals surface area contributed by atoms with Gasteiger partial charge in [0.05, 0.1) is 18.9 Å². The zero-order valence-electron chi connectivity index (χ0n) is 7.86. The monoisotopic (exact) mass is 188 g/mol. The molecule has 13 heavy (non-hydrogen) atoms. The number of carboxylic acid groups (broad SMARTS) is 1. The van der Waals surface area contributed by atoms with Crippen LogP contribution in [-0.4, -0.2) is 30.9 Å². The van der Waals surface area contributed by atoms with Crippen molar-refractivity contribution in [3.05, 3.63) is 12.3 Å². The molecule has 0 aromatic carbocycles. The van der Waals surface area contributed by atoms with Gasteiger partial charge in [-0.1, -0.05) is 0 Å². The molecule has 0 aliphatic heterocycles. The number of hydrogen-bond donors (Lipinski definition) is 1. The van der Waals surface area contributed by atoms with E-state index in [1.54, 1.807) is 0 Å². The highest BCUT2D eigenvalue weighted by molar-refractivity contribution is 5.79. The maximum Gasteiger partial charge on any atom is 0.331 e. The zero-order valence-corrected chi connectivity index (χ0v) is 7.86. The first-order valence-electron chi connectivity index (χ1n) is 4.36. The van der Waals surface area contributed by atoms with Crippen molar-refractivity contribution in [3.63, 3.8) is 0 Å². The van der Waals surface area contributed by atoms with Crippen molar-refractivity contribution in [1.29, 1.82) is 0 Å². The van der Waals surface area contributed by atoms with Crippen LogP contribution in [0, 0.1) is 0 Å². The van der Waals surface area contributed by atoms with Gasteiger partial charge in [-0.15, -0.1) is 0 Å². The maximum atomic E-state index is 9.99. The fourth-order valence-corrected chi connectivity index (χ4v) is 0.708. The Kier molecular flexibility index (Phi) is 8.34. The fourth-order valence-electron chi connectivity index (χ4n) is 0.708. The van der Waals surface area contributed by atoms with E-state index >= 15 is 0 Å². The Morgan fingerprint density at radius 3 is 2.69 bits per heavy atom. The predicted octanol–water partition coefficient (Wildman–Crippen LogP) is 1.42. The second-order valence-electron chi connectivity index (χ2n) is 2.42. The summed E-state index contributed by atoms with van der Waals surface area (Å²) in [5, 5.41) is 8.20. The Labute approximate surface area is 78.2 Å². The lowest BCUT2D eigenvalue weighted by molar-refractivity contribution is -0.131. The van der Waals surface area contributed by atoms with Crippen LogP contribution in [0.2, 0.25) is 0 Å². The van der Waals surface area contributed by atoms with E-state index in [1.165, 1.54) is 6.26 Å². The summed E-state index contributed by atoms with van der Waals surface area (Å²) in [6.45, 7) is 3.96. The third-order valence-corrected chi connectivity index (χ3v) is 1.31. The average Bonchev–Trinajstić information content (AvgIpc) is 2.09. The Balaban J connectivity index is 3.03. The average molecular weight is 188 g/mol. The highest BCUT2D eigenvalue weighted by Crippen LogP contribution is 1.91. The molecule has 0 spiro atoms. The molecule has 0 aliphatic rings. The lowest BCUT2D eigenvalue weighted by Crippen LogP contribution is -1.96. The number of carbonyl (C=O) groups is 1. The molecule has 0 heterocycles. The van der Waals surface area contributed by atoms with Crippen LogP contribution in [0.5, 0.6) is 0 Å². The molecule has 76 valence electrons. The summed E-state index contributed by atoms with van der Waals surface area (Å²) >= 11 is 0. The highest BCUT2D eigenvalue weighted by atomic mass is 16.5. The quantitative estimate of drug-likeness (QED) is 0.355. The molecule has 0 radical (unpaired) electrons. The van der Waals surface area contributed by atoms with Gasteiger partial charge in [0.25, 0.3) is 0 Å². The molecule has 4 heteroatoms. The van der Waals surface area contributed by atoms with Crippen molar-refractivity contribution in [3.8, 4) is 0 Å². The molecule has 0 saturated carbocycles. The van der Waals surface area contributed by atoms with Gasteiger partial charge in [0, 0.05) is 13.2 Å². The summed E-state index contributed by atoms with van der Waals surface area (Å²) in [5.74, 6) is -0.991. The third-order valence-electron chi connectivity index (χ3n) is 1.31. The Morgan fingerprint density at radius 1 is 1.38 bits per heavy atom. The largest absolute Gasteiger partial charge is 0.501 e. The summed E-state index contributed by atoms with van der Waals surface area (Å²) < 4.78 is 10.0. The number of ether oxygens (including phenoxy) is 2. The van der Waals surface area contributed by atoms with Gasteiger partial charge >= 0.3 is 5.97 Å². The molecule has 0 unspecified atom stereocenters. The van der Waals surface area contributed by atoms with Crippen molar-refractivity contribution in [2.75, 3.05) is 19.8 Å². The molecule has 0 aromatic heterocycles. The van der Waals surface area contributed by atoms with Crippen molar-refractivity contribution in [1.82, 2.24) is 0 Å². The fraction of sp³-hybridized carbons (Fsp3) is 0.667.